The first-order valence-corrected chi connectivity index (χ1v) is 5.19. The fourth-order valence-corrected chi connectivity index (χ4v) is 1.16. The van der Waals surface area contributed by atoms with Gasteiger partial charge in [-0.2, -0.15) is 0 Å². The van der Waals surface area contributed by atoms with E-state index in [-0.39, 0.29) is 5.97 Å². The molecule has 3 nitrogen and oxygen atoms in total. The zero-order valence-electron chi connectivity index (χ0n) is 9.16. The third-order valence-electron chi connectivity index (χ3n) is 1.82. The lowest BCUT2D eigenvalue weighted by molar-refractivity contribution is -0.134. The molecular weight excluding hydrogens is 192 g/mol. The van der Waals surface area contributed by atoms with Gasteiger partial charge in [-0.15, -0.1) is 0 Å². The predicted molar refractivity (Wildman–Crippen MR) is 58.2 cm³/mol. The van der Waals surface area contributed by atoms with Gasteiger partial charge in [-0.3, -0.25) is 4.79 Å². The highest BCUT2D eigenvalue weighted by Crippen LogP contribution is 2.17. The highest BCUT2D eigenvalue weighted by atomic mass is 16.5. The molecule has 0 atom stereocenters. The number of benzene rings is 1. The molecule has 0 bridgehead atoms. The molecule has 0 N–H and O–H groups in total. The number of hydrogen-bond acceptors (Lipinski definition) is 3. The van der Waals surface area contributed by atoms with Crippen LogP contribution in [0.1, 0.15) is 26.7 Å². The molecule has 0 unspecified atom stereocenters. The number of hydrogen-bond donors (Lipinski definition) is 0. The third kappa shape index (κ3) is 4.02. The summed E-state index contributed by atoms with van der Waals surface area (Å²) in [5.41, 5.74) is 0. The van der Waals surface area contributed by atoms with E-state index in [1.165, 1.54) is 0 Å². The monoisotopic (exact) mass is 208 g/mol. The first-order chi connectivity index (χ1) is 7.26. The van der Waals surface area contributed by atoms with E-state index in [1.54, 1.807) is 24.3 Å². The van der Waals surface area contributed by atoms with E-state index >= 15 is 0 Å². The zero-order valence-corrected chi connectivity index (χ0v) is 9.16. The fraction of sp³-hybridized carbons (Fsp3) is 0.417. The van der Waals surface area contributed by atoms with Gasteiger partial charge in [0.05, 0.1) is 6.61 Å². The Balaban J connectivity index is 2.52. The first kappa shape index (κ1) is 11.6. The van der Waals surface area contributed by atoms with Crippen molar-refractivity contribution in [1.29, 1.82) is 0 Å². The molecule has 0 amide bonds. The van der Waals surface area contributed by atoms with Gasteiger partial charge in [0.1, 0.15) is 11.5 Å². The summed E-state index contributed by atoms with van der Waals surface area (Å²) >= 11 is 0. The molecule has 82 valence electrons. The van der Waals surface area contributed by atoms with Crippen LogP contribution in [0.2, 0.25) is 0 Å². The van der Waals surface area contributed by atoms with Crippen molar-refractivity contribution in [2.45, 2.75) is 26.7 Å². The molecule has 0 heterocycles. The molecule has 0 aliphatic heterocycles. The Bertz CT molecular complexity index is 303. The van der Waals surface area contributed by atoms with Crippen LogP contribution in [0.15, 0.2) is 24.3 Å². The Kier molecular flexibility index (Phi) is 4.68. The zero-order chi connectivity index (χ0) is 11.1. The highest BCUT2D eigenvalue weighted by molar-refractivity contribution is 5.72. The van der Waals surface area contributed by atoms with Crippen molar-refractivity contribution in [3.05, 3.63) is 24.3 Å². The van der Waals surface area contributed by atoms with Crippen LogP contribution in [-0.2, 0) is 4.79 Å². The fourth-order valence-electron chi connectivity index (χ4n) is 1.16. The van der Waals surface area contributed by atoms with E-state index in [0.29, 0.717) is 18.8 Å². The lowest BCUT2D eigenvalue weighted by Gasteiger charge is -2.05. The van der Waals surface area contributed by atoms with Gasteiger partial charge in [-0.1, -0.05) is 6.92 Å². The van der Waals surface area contributed by atoms with Gasteiger partial charge in [-0.25, -0.2) is 0 Å². The average molecular weight is 208 g/mol. The number of carbonyl (C=O) groups excluding carboxylic acids is 1. The predicted octanol–water partition coefficient (Wildman–Crippen LogP) is 2.79. The summed E-state index contributed by atoms with van der Waals surface area (Å²) in [5, 5.41) is 0. The molecule has 3 heteroatoms. The van der Waals surface area contributed by atoms with Crippen LogP contribution in [-0.4, -0.2) is 12.6 Å². The van der Waals surface area contributed by atoms with Gasteiger partial charge >= 0.3 is 5.97 Å². The number of ether oxygens (including phenoxy) is 2. The molecule has 1 aromatic carbocycles. The highest BCUT2D eigenvalue weighted by Gasteiger charge is 2.02. The van der Waals surface area contributed by atoms with Crippen molar-refractivity contribution in [1.82, 2.24) is 0 Å². The Morgan fingerprint density at radius 3 is 2.27 bits per heavy atom. The van der Waals surface area contributed by atoms with Gasteiger partial charge in [0.2, 0.25) is 0 Å². The molecule has 0 saturated carbocycles. The minimum Gasteiger partial charge on any atom is -0.494 e. The molecule has 1 aromatic rings. The second-order valence-corrected chi connectivity index (χ2v) is 3.13. The van der Waals surface area contributed by atoms with Crippen LogP contribution in [0.4, 0.5) is 0 Å². The molecule has 1 rings (SSSR count). The van der Waals surface area contributed by atoms with Crippen LogP contribution >= 0.6 is 0 Å². The minimum absolute atomic E-state index is 0.193. The van der Waals surface area contributed by atoms with E-state index in [4.69, 9.17) is 9.47 Å². The van der Waals surface area contributed by atoms with Gasteiger partial charge in [0.25, 0.3) is 0 Å². The van der Waals surface area contributed by atoms with Gasteiger partial charge in [0.15, 0.2) is 0 Å². The van der Waals surface area contributed by atoms with Crippen molar-refractivity contribution in [2.75, 3.05) is 6.61 Å². The summed E-state index contributed by atoms with van der Waals surface area (Å²) in [6, 6.07) is 7.05. The van der Waals surface area contributed by atoms with Crippen molar-refractivity contribution < 1.29 is 14.3 Å². The molecule has 0 fully saturated rings. The Labute approximate surface area is 90.0 Å². The van der Waals surface area contributed by atoms with E-state index in [1.807, 2.05) is 13.8 Å². The first-order valence-electron chi connectivity index (χ1n) is 5.19. The van der Waals surface area contributed by atoms with Gasteiger partial charge in [-0.05, 0) is 37.6 Å². The van der Waals surface area contributed by atoms with Gasteiger partial charge < -0.3 is 9.47 Å². The quantitative estimate of drug-likeness (QED) is 0.551. The summed E-state index contributed by atoms with van der Waals surface area (Å²) in [4.78, 5) is 11.2. The van der Waals surface area contributed by atoms with Crippen molar-refractivity contribution in [3.8, 4) is 11.5 Å². The summed E-state index contributed by atoms with van der Waals surface area (Å²) < 4.78 is 10.4. The maximum atomic E-state index is 11.2. The maximum Gasteiger partial charge on any atom is 0.311 e. The van der Waals surface area contributed by atoms with Crippen molar-refractivity contribution >= 4 is 5.97 Å². The SMILES string of the molecule is CCCC(=O)Oc1ccc(OCC)cc1. The molecule has 0 saturated heterocycles. The lowest BCUT2D eigenvalue weighted by Crippen LogP contribution is -2.06. The standard InChI is InChI=1S/C12H16O3/c1-3-5-12(13)15-11-8-6-10(7-9-11)14-4-2/h6-9H,3-5H2,1-2H3. The third-order valence-corrected chi connectivity index (χ3v) is 1.82. The van der Waals surface area contributed by atoms with Crippen LogP contribution in [0.25, 0.3) is 0 Å². The average Bonchev–Trinajstić information content (AvgIpc) is 2.22. The Morgan fingerprint density at radius 1 is 1.13 bits per heavy atom. The van der Waals surface area contributed by atoms with E-state index in [2.05, 4.69) is 0 Å². The van der Waals surface area contributed by atoms with Crippen molar-refractivity contribution in [2.24, 2.45) is 0 Å². The normalized spacial score (nSPS) is 9.73. The summed E-state index contributed by atoms with van der Waals surface area (Å²) in [5.74, 6) is 1.16. The second kappa shape index (κ2) is 6.06. The van der Waals surface area contributed by atoms with Crippen molar-refractivity contribution in [3.63, 3.8) is 0 Å². The number of carbonyl (C=O) groups is 1. The van der Waals surface area contributed by atoms with E-state index in [0.717, 1.165) is 12.2 Å². The molecule has 0 aliphatic carbocycles. The molecule has 0 aromatic heterocycles. The Morgan fingerprint density at radius 2 is 1.73 bits per heavy atom. The molecular formula is C12H16O3. The van der Waals surface area contributed by atoms with Crippen LogP contribution in [0.5, 0.6) is 11.5 Å². The van der Waals surface area contributed by atoms with Crippen LogP contribution in [0, 0.1) is 0 Å². The summed E-state index contributed by atoms with van der Waals surface area (Å²) in [6.07, 6.45) is 1.25. The number of rotatable bonds is 5. The lowest BCUT2D eigenvalue weighted by atomic mass is 10.3. The van der Waals surface area contributed by atoms with Crippen LogP contribution < -0.4 is 9.47 Å². The number of esters is 1. The largest absolute Gasteiger partial charge is 0.494 e. The van der Waals surface area contributed by atoms with E-state index in [9.17, 15) is 4.79 Å². The van der Waals surface area contributed by atoms with Gasteiger partial charge in [0, 0.05) is 6.42 Å². The summed E-state index contributed by atoms with van der Waals surface area (Å²) in [7, 11) is 0. The summed E-state index contributed by atoms with van der Waals surface area (Å²) in [6.45, 7) is 4.50. The smallest absolute Gasteiger partial charge is 0.311 e. The minimum atomic E-state index is -0.193. The Hall–Kier alpha value is -1.51. The molecule has 0 spiro atoms. The van der Waals surface area contributed by atoms with E-state index < -0.39 is 0 Å². The molecule has 15 heavy (non-hydrogen) atoms. The molecule has 0 aliphatic rings. The topological polar surface area (TPSA) is 35.5 Å². The van der Waals surface area contributed by atoms with Crippen LogP contribution in [0.3, 0.4) is 0 Å². The maximum absolute atomic E-state index is 11.2. The molecule has 0 radical (unpaired) electrons. The second-order valence-electron chi connectivity index (χ2n) is 3.13.